The largest absolute Gasteiger partial charge is 0.465 e. The van der Waals surface area contributed by atoms with Gasteiger partial charge in [0.25, 0.3) is 0 Å². The van der Waals surface area contributed by atoms with Crippen molar-refractivity contribution in [3.05, 3.63) is 72.4 Å². The minimum absolute atomic E-state index is 0.129. The predicted molar refractivity (Wildman–Crippen MR) is 86.4 cm³/mol. The van der Waals surface area contributed by atoms with Gasteiger partial charge in [0.2, 0.25) is 5.91 Å². The van der Waals surface area contributed by atoms with Crippen molar-refractivity contribution in [2.24, 2.45) is 0 Å². The van der Waals surface area contributed by atoms with Crippen molar-refractivity contribution >= 4 is 17.7 Å². The van der Waals surface area contributed by atoms with Crippen LogP contribution in [-0.4, -0.2) is 11.0 Å². The first kappa shape index (κ1) is 14.9. The molecule has 0 saturated heterocycles. The third-order valence-electron chi connectivity index (χ3n) is 3.20. The summed E-state index contributed by atoms with van der Waals surface area (Å²) in [5.41, 5.74) is 1.55. The van der Waals surface area contributed by atoms with E-state index in [1.807, 2.05) is 12.1 Å². The second kappa shape index (κ2) is 6.81. The molecule has 116 valence electrons. The monoisotopic (exact) mass is 309 g/mol. The van der Waals surface area contributed by atoms with E-state index >= 15 is 0 Å². The van der Waals surface area contributed by atoms with E-state index in [-0.39, 0.29) is 12.5 Å². The SMILES string of the molecule is O=C(/C=C/c1ccco1)Nc1ccc(-c2ccc(CO)o2)cc1. The molecule has 0 aliphatic heterocycles. The Morgan fingerprint density at radius 3 is 2.61 bits per heavy atom. The molecule has 3 aromatic rings. The number of carbonyl (C=O) groups is 1. The summed E-state index contributed by atoms with van der Waals surface area (Å²) < 4.78 is 10.6. The Bertz CT molecular complexity index is 798. The Morgan fingerprint density at radius 1 is 1.13 bits per heavy atom. The highest BCUT2D eigenvalue weighted by Crippen LogP contribution is 2.23. The fourth-order valence-electron chi connectivity index (χ4n) is 2.06. The molecule has 2 aromatic heterocycles. The van der Waals surface area contributed by atoms with Gasteiger partial charge in [0.15, 0.2) is 0 Å². The summed E-state index contributed by atoms with van der Waals surface area (Å²) in [6, 6.07) is 14.3. The van der Waals surface area contributed by atoms with Crippen LogP contribution in [0.15, 0.2) is 69.7 Å². The van der Waals surface area contributed by atoms with Crippen LogP contribution >= 0.6 is 0 Å². The van der Waals surface area contributed by atoms with E-state index in [1.165, 1.54) is 6.08 Å². The Hall–Kier alpha value is -3.05. The molecule has 0 spiro atoms. The highest BCUT2D eigenvalue weighted by atomic mass is 16.4. The summed E-state index contributed by atoms with van der Waals surface area (Å²) in [6.45, 7) is -0.129. The van der Waals surface area contributed by atoms with Gasteiger partial charge >= 0.3 is 0 Å². The fourth-order valence-corrected chi connectivity index (χ4v) is 2.06. The van der Waals surface area contributed by atoms with E-state index in [1.54, 1.807) is 48.7 Å². The number of rotatable bonds is 5. The minimum atomic E-state index is -0.241. The number of aliphatic hydroxyl groups is 1. The summed E-state index contributed by atoms with van der Waals surface area (Å²) in [4.78, 5) is 11.8. The molecular weight excluding hydrogens is 294 g/mol. The molecule has 0 unspecified atom stereocenters. The van der Waals surface area contributed by atoms with E-state index in [0.29, 0.717) is 23.0 Å². The van der Waals surface area contributed by atoms with Crippen LogP contribution in [0.3, 0.4) is 0 Å². The van der Waals surface area contributed by atoms with Gasteiger partial charge in [-0.25, -0.2) is 0 Å². The molecule has 0 bridgehead atoms. The van der Waals surface area contributed by atoms with Gasteiger partial charge in [-0.05, 0) is 54.6 Å². The maximum absolute atomic E-state index is 11.8. The van der Waals surface area contributed by atoms with Crippen LogP contribution in [-0.2, 0) is 11.4 Å². The fraction of sp³-hybridized carbons (Fsp3) is 0.0556. The summed E-state index contributed by atoms with van der Waals surface area (Å²) in [5, 5.41) is 11.8. The van der Waals surface area contributed by atoms with Gasteiger partial charge in [0.1, 0.15) is 23.9 Å². The van der Waals surface area contributed by atoms with Crippen LogP contribution in [0, 0.1) is 0 Å². The van der Waals surface area contributed by atoms with Crippen molar-refractivity contribution in [1.82, 2.24) is 0 Å². The topological polar surface area (TPSA) is 75.6 Å². The Kier molecular flexibility index (Phi) is 4.40. The number of benzene rings is 1. The van der Waals surface area contributed by atoms with Crippen molar-refractivity contribution in [3.63, 3.8) is 0 Å². The molecule has 2 N–H and O–H groups in total. The zero-order valence-electron chi connectivity index (χ0n) is 12.2. The van der Waals surface area contributed by atoms with Crippen molar-refractivity contribution in [2.45, 2.75) is 6.61 Å². The second-order valence-corrected chi connectivity index (χ2v) is 4.84. The third-order valence-corrected chi connectivity index (χ3v) is 3.20. The molecule has 0 atom stereocenters. The van der Waals surface area contributed by atoms with E-state index in [2.05, 4.69) is 5.32 Å². The molecule has 1 amide bonds. The number of amides is 1. The van der Waals surface area contributed by atoms with Crippen LogP contribution in [0.4, 0.5) is 5.69 Å². The molecule has 0 fully saturated rings. The average Bonchev–Trinajstić information content (AvgIpc) is 3.25. The molecule has 5 nitrogen and oxygen atoms in total. The standard InChI is InChI=1S/C18H15NO4/c20-12-16-7-9-17(23-16)13-3-5-14(6-4-13)19-18(21)10-8-15-2-1-11-22-15/h1-11,20H,12H2,(H,19,21)/b10-8+. The molecule has 0 aliphatic carbocycles. The van der Waals surface area contributed by atoms with Gasteiger partial charge in [-0.1, -0.05) is 0 Å². The van der Waals surface area contributed by atoms with E-state index in [9.17, 15) is 4.79 Å². The summed E-state index contributed by atoms with van der Waals surface area (Å²) in [7, 11) is 0. The highest BCUT2D eigenvalue weighted by Gasteiger charge is 2.05. The summed E-state index contributed by atoms with van der Waals surface area (Å²) >= 11 is 0. The number of hydrogen-bond donors (Lipinski definition) is 2. The van der Waals surface area contributed by atoms with Crippen LogP contribution in [0.5, 0.6) is 0 Å². The molecule has 0 radical (unpaired) electrons. The lowest BCUT2D eigenvalue weighted by atomic mass is 10.1. The molecule has 23 heavy (non-hydrogen) atoms. The molecule has 2 heterocycles. The van der Waals surface area contributed by atoms with Crippen molar-refractivity contribution in [1.29, 1.82) is 0 Å². The van der Waals surface area contributed by atoms with E-state index < -0.39 is 0 Å². The molecular formula is C18H15NO4. The zero-order valence-corrected chi connectivity index (χ0v) is 12.2. The van der Waals surface area contributed by atoms with Gasteiger partial charge in [-0.2, -0.15) is 0 Å². The van der Waals surface area contributed by atoms with Gasteiger partial charge in [-0.3, -0.25) is 4.79 Å². The first-order chi connectivity index (χ1) is 11.2. The second-order valence-electron chi connectivity index (χ2n) is 4.84. The smallest absolute Gasteiger partial charge is 0.248 e. The predicted octanol–water partition coefficient (Wildman–Crippen LogP) is 3.68. The van der Waals surface area contributed by atoms with Gasteiger partial charge in [0, 0.05) is 17.3 Å². The molecule has 1 aromatic carbocycles. The number of carbonyl (C=O) groups excluding carboxylic acids is 1. The lowest BCUT2D eigenvalue weighted by Crippen LogP contribution is -2.07. The van der Waals surface area contributed by atoms with Crippen LogP contribution in [0.2, 0.25) is 0 Å². The number of anilines is 1. The number of nitrogens with one attached hydrogen (secondary N) is 1. The Labute approximate surface area is 132 Å². The van der Waals surface area contributed by atoms with Crippen LogP contribution in [0.25, 0.3) is 17.4 Å². The lowest BCUT2D eigenvalue weighted by molar-refractivity contribution is -0.111. The normalized spacial score (nSPS) is 11.0. The van der Waals surface area contributed by atoms with Crippen molar-refractivity contribution in [2.75, 3.05) is 5.32 Å². The molecule has 5 heteroatoms. The van der Waals surface area contributed by atoms with E-state index in [0.717, 1.165) is 5.56 Å². The van der Waals surface area contributed by atoms with Gasteiger partial charge in [0.05, 0.1) is 6.26 Å². The van der Waals surface area contributed by atoms with Crippen LogP contribution in [0.1, 0.15) is 11.5 Å². The Balaban J connectivity index is 1.64. The van der Waals surface area contributed by atoms with Crippen molar-refractivity contribution in [3.8, 4) is 11.3 Å². The van der Waals surface area contributed by atoms with Gasteiger partial charge in [-0.15, -0.1) is 0 Å². The molecule has 0 aliphatic rings. The van der Waals surface area contributed by atoms with E-state index in [4.69, 9.17) is 13.9 Å². The first-order valence-corrected chi connectivity index (χ1v) is 7.07. The lowest BCUT2D eigenvalue weighted by Gasteiger charge is -2.03. The number of furan rings is 2. The molecule has 0 saturated carbocycles. The summed E-state index contributed by atoms with van der Waals surface area (Å²) in [5.74, 6) is 1.56. The zero-order chi connectivity index (χ0) is 16.1. The first-order valence-electron chi connectivity index (χ1n) is 7.07. The highest BCUT2D eigenvalue weighted by molar-refractivity contribution is 6.01. The Morgan fingerprint density at radius 2 is 1.96 bits per heavy atom. The minimum Gasteiger partial charge on any atom is -0.465 e. The number of hydrogen-bond acceptors (Lipinski definition) is 4. The van der Waals surface area contributed by atoms with Gasteiger partial charge < -0.3 is 19.3 Å². The molecule has 3 rings (SSSR count). The van der Waals surface area contributed by atoms with Crippen molar-refractivity contribution < 1.29 is 18.7 Å². The summed E-state index contributed by atoms with van der Waals surface area (Å²) in [6.07, 6.45) is 4.56. The van der Waals surface area contributed by atoms with Crippen LogP contribution < -0.4 is 5.32 Å². The third kappa shape index (κ3) is 3.78. The number of aliphatic hydroxyl groups excluding tert-OH is 1. The average molecular weight is 309 g/mol. The maximum Gasteiger partial charge on any atom is 0.248 e. The quantitative estimate of drug-likeness (QED) is 0.705. The maximum atomic E-state index is 11.8.